The molecule has 2 saturated carbocycles. The topological polar surface area (TPSA) is 189 Å². The normalized spacial score (nSPS) is 17.9. The number of furan rings is 2. The molecular formula is C36H54N4O9. The second-order valence-electron chi connectivity index (χ2n) is 13.6. The van der Waals surface area contributed by atoms with Gasteiger partial charge >= 0.3 is 5.97 Å². The highest BCUT2D eigenvalue weighted by atomic mass is 16.5. The minimum Gasteiger partial charge on any atom is -0.464 e. The molecule has 4 amide bonds. The van der Waals surface area contributed by atoms with E-state index in [4.69, 9.17) is 13.6 Å². The zero-order chi connectivity index (χ0) is 36.0. The van der Waals surface area contributed by atoms with Gasteiger partial charge in [0.05, 0.1) is 31.8 Å². The summed E-state index contributed by atoms with van der Waals surface area (Å²) in [7, 11) is 0. The van der Waals surface area contributed by atoms with Crippen LogP contribution in [-0.4, -0.2) is 71.1 Å². The number of ether oxygens (including phenoxy) is 1. The van der Waals surface area contributed by atoms with Crippen molar-refractivity contribution in [2.45, 2.75) is 122 Å². The zero-order valence-electron chi connectivity index (χ0n) is 29.5. The number of carbonyl (C=O) groups is 5. The quantitative estimate of drug-likeness (QED) is 0.192. The lowest BCUT2D eigenvalue weighted by molar-refractivity contribution is -0.149. The molecule has 0 bridgehead atoms. The van der Waals surface area contributed by atoms with Crippen LogP contribution in [-0.2, 0) is 19.1 Å². The Labute approximate surface area is 288 Å². The first-order chi connectivity index (χ1) is 23.4. The lowest BCUT2D eigenvalue weighted by Gasteiger charge is -2.37. The van der Waals surface area contributed by atoms with Gasteiger partial charge in [-0.15, -0.1) is 0 Å². The van der Waals surface area contributed by atoms with Crippen LogP contribution in [0.25, 0.3) is 0 Å². The summed E-state index contributed by atoms with van der Waals surface area (Å²) in [5.74, 6) is -1.47. The summed E-state index contributed by atoms with van der Waals surface area (Å²) in [5, 5.41) is 20.9. The summed E-state index contributed by atoms with van der Waals surface area (Å²) in [5.41, 5.74) is -1.97. The summed E-state index contributed by atoms with van der Waals surface area (Å²) < 4.78 is 15.3. The van der Waals surface area contributed by atoms with Gasteiger partial charge in [0.25, 0.3) is 11.8 Å². The van der Waals surface area contributed by atoms with E-state index in [-0.39, 0.29) is 60.3 Å². The van der Waals surface area contributed by atoms with Gasteiger partial charge in [-0.2, -0.15) is 0 Å². The van der Waals surface area contributed by atoms with Gasteiger partial charge in [0, 0.05) is 0 Å². The molecule has 2 aliphatic rings. The van der Waals surface area contributed by atoms with E-state index in [1.54, 1.807) is 31.2 Å². The molecule has 2 fully saturated rings. The average Bonchev–Trinajstić information content (AvgIpc) is 3.83. The second-order valence-corrected chi connectivity index (χ2v) is 13.6. The van der Waals surface area contributed by atoms with Crippen LogP contribution in [0, 0.1) is 11.8 Å². The summed E-state index contributed by atoms with van der Waals surface area (Å²) in [6.07, 6.45) is 10.6. The maximum absolute atomic E-state index is 13.1. The van der Waals surface area contributed by atoms with Crippen LogP contribution in [0.4, 0.5) is 0 Å². The minimum absolute atomic E-state index is 0.116. The second kappa shape index (κ2) is 18.6. The summed E-state index contributed by atoms with van der Waals surface area (Å²) in [6, 6.07) is 5.33. The van der Waals surface area contributed by atoms with Gasteiger partial charge < -0.3 is 39.9 Å². The number of amides is 4. The Morgan fingerprint density at radius 1 is 0.735 bits per heavy atom. The third kappa shape index (κ3) is 10.7. The van der Waals surface area contributed by atoms with Crippen LogP contribution in [0.5, 0.6) is 0 Å². The molecule has 0 saturated heterocycles. The average molecular weight is 687 g/mol. The van der Waals surface area contributed by atoms with Gasteiger partial charge in [-0.3, -0.25) is 19.2 Å². The van der Waals surface area contributed by atoms with Crippen LogP contribution in [0.1, 0.15) is 120 Å². The number of rotatable bonds is 13. The van der Waals surface area contributed by atoms with Gasteiger partial charge in [0.2, 0.25) is 11.8 Å². The van der Waals surface area contributed by atoms with Crippen molar-refractivity contribution in [1.82, 2.24) is 21.3 Å². The Balaban J connectivity index is 0.000000267. The first-order valence-electron chi connectivity index (χ1n) is 17.5. The van der Waals surface area contributed by atoms with Gasteiger partial charge in [-0.05, 0) is 68.7 Å². The molecule has 0 radical (unpaired) electrons. The van der Waals surface area contributed by atoms with E-state index in [0.717, 1.165) is 38.5 Å². The highest BCUT2D eigenvalue weighted by molar-refractivity contribution is 5.99. The molecule has 49 heavy (non-hydrogen) atoms. The monoisotopic (exact) mass is 686 g/mol. The Hall–Kier alpha value is -4.13. The summed E-state index contributed by atoms with van der Waals surface area (Å²) >= 11 is 0. The molecule has 2 aromatic rings. The van der Waals surface area contributed by atoms with E-state index < -0.39 is 29.0 Å². The van der Waals surface area contributed by atoms with E-state index >= 15 is 0 Å². The number of esters is 1. The molecule has 13 heteroatoms. The molecule has 2 atom stereocenters. The Morgan fingerprint density at radius 2 is 1.18 bits per heavy atom. The number of hydrogen-bond acceptors (Lipinski definition) is 9. The Morgan fingerprint density at radius 3 is 1.53 bits per heavy atom. The Bertz CT molecular complexity index is 1340. The van der Waals surface area contributed by atoms with Crippen LogP contribution >= 0.6 is 0 Å². The molecule has 2 heterocycles. The van der Waals surface area contributed by atoms with Gasteiger partial charge in [-0.25, -0.2) is 4.79 Å². The fourth-order valence-corrected chi connectivity index (χ4v) is 6.24. The third-order valence-electron chi connectivity index (χ3n) is 9.29. The lowest BCUT2D eigenvalue weighted by atomic mass is 9.80. The molecular weight excluding hydrogens is 632 g/mol. The molecule has 5 N–H and O–H groups in total. The first-order valence-corrected chi connectivity index (χ1v) is 17.5. The number of hydrogen-bond donors (Lipinski definition) is 5. The van der Waals surface area contributed by atoms with E-state index in [2.05, 4.69) is 21.3 Å². The van der Waals surface area contributed by atoms with Crippen molar-refractivity contribution in [2.24, 2.45) is 11.8 Å². The molecule has 4 rings (SSSR count). The van der Waals surface area contributed by atoms with Crippen molar-refractivity contribution in [2.75, 3.05) is 13.2 Å². The summed E-state index contributed by atoms with van der Waals surface area (Å²) in [6.45, 7) is 9.42. The van der Waals surface area contributed by atoms with Gasteiger partial charge in [-0.1, -0.05) is 66.2 Å². The van der Waals surface area contributed by atoms with Crippen LogP contribution < -0.4 is 21.3 Å². The van der Waals surface area contributed by atoms with Crippen molar-refractivity contribution in [3.05, 3.63) is 48.3 Å². The number of carbonyl (C=O) groups excluding carboxylic acids is 5. The van der Waals surface area contributed by atoms with Crippen molar-refractivity contribution < 1.29 is 42.7 Å². The smallest absolute Gasteiger partial charge is 0.328 e. The van der Waals surface area contributed by atoms with Crippen LogP contribution in [0.3, 0.4) is 0 Å². The van der Waals surface area contributed by atoms with Crippen molar-refractivity contribution >= 4 is 29.6 Å². The predicted molar refractivity (Wildman–Crippen MR) is 181 cm³/mol. The molecule has 2 aliphatic carbocycles. The van der Waals surface area contributed by atoms with E-state index in [0.29, 0.717) is 25.7 Å². The highest BCUT2D eigenvalue weighted by Gasteiger charge is 2.44. The predicted octanol–water partition coefficient (Wildman–Crippen LogP) is 4.26. The number of nitrogens with one attached hydrogen (secondary N) is 4. The van der Waals surface area contributed by atoms with Crippen molar-refractivity contribution in [1.29, 1.82) is 0 Å². The van der Waals surface area contributed by atoms with E-state index in [1.807, 2.05) is 27.7 Å². The molecule has 0 aliphatic heterocycles. The highest BCUT2D eigenvalue weighted by Crippen LogP contribution is 2.31. The number of aliphatic hydroxyl groups is 1. The zero-order valence-corrected chi connectivity index (χ0v) is 29.5. The minimum atomic E-state index is -1.04. The first kappa shape index (κ1) is 39.3. The maximum atomic E-state index is 13.1. The molecule has 0 aromatic carbocycles. The third-order valence-corrected chi connectivity index (χ3v) is 9.29. The number of aliphatic hydroxyl groups excluding tert-OH is 1. The van der Waals surface area contributed by atoms with E-state index in [9.17, 15) is 29.1 Å². The van der Waals surface area contributed by atoms with Crippen LogP contribution in [0.15, 0.2) is 45.6 Å². The van der Waals surface area contributed by atoms with Gasteiger partial charge in [0.1, 0.15) is 17.1 Å². The van der Waals surface area contributed by atoms with Crippen molar-refractivity contribution in [3.63, 3.8) is 0 Å². The molecule has 0 unspecified atom stereocenters. The largest absolute Gasteiger partial charge is 0.464 e. The molecule has 2 aromatic heterocycles. The molecule has 272 valence electrons. The standard InChI is InChI=1S/C19H28N2O5.C17H26N2O4/c1-4-25-17(23)15(13(2)3)20-18(24)19(10-6-5-7-11-19)21-16(22)14-9-8-12-26-14;1-12(2)13(11-20)18-16(22)17(8-4-3-5-9-17)19-15(21)14-7-6-10-23-14/h8-9,12-13,15H,4-7,10-11H2,1-3H3,(H,20,24)(H,21,22);6-7,10,12-13,20H,3-5,8-9,11H2,1-2H3,(H,18,22)(H,19,21)/t15-;13-/m01/s1. The fraction of sp³-hybridized carbons (Fsp3) is 0.639. The summed E-state index contributed by atoms with van der Waals surface area (Å²) in [4.78, 5) is 62.9. The maximum Gasteiger partial charge on any atom is 0.328 e. The van der Waals surface area contributed by atoms with E-state index in [1.165, 1.54) is 12.5 Å². The van der Waals surface area contributed by atoms with Crippen LogP contribution in [0.2, 0.25) is 0 Å². The fourth-order valence-electron chi connectivity index (χ4n) is 6.24. The van der Waals surface area contributed by atoms with Gasteiger partial charge in [0.15, 0.2) is 11.5 Å². The molecule has 13 nitrogen and oxygen atoms in total. The lowest BCUT2D eigenvalue weighted by Crippen LogP contribution is -2.62. The SMILES string of the molecule is CC(C)[C@@H](CO)NC(=O)C1(NC(=O)c2ccco2)CCCCC1.CCOC(=O)[C@@H](NC(=O)C1(NC(=O)c2ccco2)CCCCC1)C(C)C. The Kier molecular flexibility index (Phi) is 14.9. The van der Waals surface area contributed by atoms with Crippen molar-refractivity contribution in [3.8, 4) is 0 Å². The molecule has 0 spiro atoms.